The van der Waals surface area contributed by atoms with Gasteiger partial charge >= 0.3 is 0 Å². The van der Waals surface area contributed by atoms with Crippen LogP contribution in [0.3, 0.4) is 0 Å². The zero-order valence-electron chi connectivity index (χ0n) is 16.0. The second kappa shape index (κ2) is 9.64. The summed E-state index contributed by atoms with van der Waals surface area (Å²) >= 11 is 1.05. The van der Waals surface area contributed by atoms with Crippen LogP contribution in [0.15, 0.2) is 55.1 Å². The van der Waals surface area contributed by atoms with Crippen molar-refractivity contribution in [3.05, 3.63) is 77.9 Å². The minimum absolute atomic E-state index is 0. The van der Waals surface area contributed by atoms with E-state index in [0.29, 0.717) is 35.3 Å². The molecule has 2 aromatic carbocycles. The molecule has 0 saturated heterocycles. The van der Waals surface area contributed by atoms with Crippen LogP contribution in [0, 0.1) is 23.0 Å². The minimum atomic E-state index is -0.767. The van der Waals surface area contributed by atoms with Crippen LogP contribution in [0.4, 0.5) is 13.9 Å². The number of benzene rings is 2. The summed E-state index contributed by atoms with van der Waals surface area (Å²) in [6, 6.07) is 10.2. The maximum Gasteiger partial charge on any atom is 0.260 e. The number of carbonyl (C=O) groups excluding carboxylic acids is 1. The van der Waals surface area contributed by atoms with Gasteiger partial charge in [-0.3, -0.25) is 9.69 Å². The van der Waals surface area contributed by atoms with E-state index in [1.54, 1.807) is 36.8 Å². The summed E-state index contributed by atoms with van der Waals surface area (Å²) in [5.41, 5.74) is 0.849. The van der Waals surface area contributed by atoms with E-state index in [4.69, 9.17) is 5.26 Å². The average molecular weight is 460 g/mol. The molecule has 0 aliphatic rings. The molecule has 158 valence electrons. The van der Waals surface area contributed by atoms with Crippen molar-refractivity contribution < 1.29 is 13.6 Å². The topological polar surface area (TPSA) is 74.8 Å². The Morgan fingerprint density at radius 2 is 2.00 bits per heavy atom. The minimum Gasteiger partial charge on any atom is -0.337 e. The number of nitriles is 1. The largest absolute Gasteiger partial charge is 0.337 e. The Labute approximate surface area is 186 Å². The van der Waals surface area contributed by atoms with Gasteiger partial charge in [-0.2, -0.15) is 5.26 Å². The molecule has 0 fully saturated rings. The molecule has 0 radical (unpaired) electrons. The summed E-state index contributed by atoms with van der Waals surface area (Å²) in [4.78, 5) is 22.9. The molecule has 0 unspecified atom stereocenters. The van der Waals surface area contributed by atoms with Gasteiger partial charge in [0.15, 0.2) is 10.9 Å². The molecular weight excluding hydrogens is 444 g/mol. The first kappa shape index (κ1) is 22.3. The van der Waals surface area contributed by atoms with Crippen molar-refractivity contribution >= 4 is 45.0 Å². The Balaban J connectivity index is 0.00000272. The van der Waals surface area contributed by atoms with Crippen LogP contribution >= 0.6 is 23.7 Å². The van der Waals surface area contributed by atoms with Crippen LogP contribution in [-0.4, -0.2) is 27.0 Å². The van der Waals surface area contributed by atoms with Crippen molar-refractivity contribution in [2.24, 2.45) is 0 Å². The molecule has 6 nitrogen and oxygen atoms in total. The molecule has 31 heavy (non-hydrogen) atoms. The number of aryl methyl sites for hydroxylation is 1. The van der Waals surface area contributed by atoms with Gasteiger partial charge in [-0.25, -0.2) is 18.7 Å². The van der Waals surface area contributed by atoms with E-state index in [2.05, 4.69) is 9.97 Å². The van der Waals surface area contributed by atoms with E-state index in [1.165, 1.54) is 11.0 Å². The van der Waals surface area contributed by atoms with Crippen LogP contribution in [0.5, 0.6) is 0 Å². The summed E-state index contributed by atoms with van der Waals surface area (Å²) < 4.78 is 29.9. The lowest BCUT2D eigenvalue weighted by Crippen LogP contribution is -2.32. The number of fused-ring (bicyclic) bond motifs is 1. The van der Waals surface area contributed by atoms with E-state index in [-0.39, 0.29) is 29.0 Å². The Morgan fingerprint density at radius 1 is 1.23 bits per heavy atom. The van der Waals surface area contributed by atoms with Crippen LogP contribution < -0.4 is 4.90 Å². The van der Waals surface area contributed by atoms with Gasteiger partial charge in [-0.1, -0.05) is 11.3 Å². The van der Waals surface area contributed by atoms with Crippen molar-refractivity contribution in [3.8, 4) is 6.07 Å². The molecule has 2 aromatic heterocycles. The summed E-state index contributed by atoms with van der Waals surface area (Å²) in [6.07, 6.45) is 5.78. The first-order valence-corrected chi connectivity index (χ1v) is 9.90. The maximum absolute atomic E-state index is 14.1. The zero-order valence-corrected chi connectivity index (χ0v) is 17.7. The van der Waals surface area contributed by atoms with Crippen molar-refractivity contribution in [2.75, 3.05) is 11.4 Å². The Morgan fingerprint density at radius 3 is 2.68 bits per heavy atom. The van der Waals surface area contributed by atoms with E-state index < -0.39 is 11.6 Å². The summed E-state index contributed by atoms with van der Waals surface area (Å²) in [7, 11) is 0. The molecule has 0 spiro atoms. The maximum atomic E-state index is 14.1. The van der Waals surface area contributed by atoms with Gasteiger partial charge in [-0.15, -0.1) is 12.4 Å². The van der Waals surface area contributed by atoms with Gasteiger partial charge in [0.05, 0.1) is 22.7 Å². The van der Waals surface area contributed by atoms with Gasteiger partial charge in [0, 0.05) is 37.1 Å². The molecule has 4 rings (SSSR count). The highest BCUT2D eigenvalue weighted by molar-refractivity contribution is 7.22. The first-order chi connectivity index (χ1) is 14.5. The SMILES string of the molecule is Cl.N#Cc1ccc(C(=O)N(CCCn2ccnc2)c2nc3c(F)cc(F)cc3s2)cc1. The van der Waals surface area contributed by atoms with Crippen molar-refractivity contribution in [1.29, 1.82) is 5.26 Å². The van der Waals surface area contributed by atoms with Crippen LogP contribution in [0.25, 0.3) is 10.2 Å². The van der Waals surface area contributed by atoms with Crippen molar-refractivity contribution in [1.82, 2.24) is 14.5 Å². The smallest absolute Gasteiger partial charge is 0.260 e. The second-order valence-electron chi connectivity index (χ2n) is 6.53. The fourth-order valence-corrected chi connectivity index (χ4v) is 4.05. The average Bonchev–Trinajstić information content (AvgIpc) is 3.41. The molecule has 0 N–H and O–H groups in total. The zero-order chi connectivity index (χ0) is 21.1. The van der Waals surface area contributed by atoms with E-state index in [0.717, 1.165) is 17.4 Å². The van der Waals surface area contributed by atoms with Gasteiger partial charge < -0.3 is 4.57 Å². The molecular formula is C21H16ClF2N5OS. The molecule has 4 aromatic rings. The third kappa shape index (κ3) is 4.87. The number of carbonyl (C=O) groups is 1. The number of aromatic nitrogens is 3. The Bertz CT molecular complexity index is 1240. The number of thiazole rings is 1. The molecule has 0 bridgehead atoms. The number of hydrogen-bond acceptors (Lipinski definition) is 5. The lowest BCUT2D eigenvalue weighted by molar-refractivity contribution is 0.0986. The highest BCUT2D eigenvalue weighted by Crippen LogP contribution is 2.32. The fourth-order valence-electron chi connectivity index (χ4n) is 3.02. The highest BCUT2D eigenvalue weighted by atomic mass is 35.5. The van der Waals surface area contributed by atoms with E-state index in [9.17, 15) is 13.6 Å². The number of rotatable bonds is 6. The third-order valence-electron chi connectivity index (χ3n) is 4.50. The van der Waals surface area contributed by atoms with Gasteiger partial charge in [0.25, 0.3) is 5.91 Å². The predicted molar refractivity (Wildman–Crippen MR) is 116 cm³/mol. The third-order valence-corrected chi connectivity index (χ3v) is 5.52. The van der Waals surface area contributed by atoms with Crippen molar-refractivity contribution in [2.45, 2.75) is 13.0 Å². The molecule has 10 heteroatoms. The second-order valence-corrected chi connectivity index (χ2v) is 7.54. The first-order valence-electron chi connectivity index (χ1n) is 9.08. The van der Waals surface area contributed by atoms with Gasteiger partial charge in [0.2, 0.25) is 0 Å². The molecule has 1 amide bonds. The number of imidazole rings is 1. The molecule has 0 aliphatic carbocycles. The Hall–Kier alpha value is -3.35. The Kier molecular flexibility index (Phi) is 6.95. The predicted octanol–water partition coefficient (Wildman–Crippen LogP) is 4.80. The van der Waals surface area contributed by atoms with E-state index in [1.807, 2.05) is 16.8 Å². The lowest BCUT2D eigenvalue weighted by Gasteiger charge is -2.20. The number of amides is 1. The number of nitrogens with zero attached hydrogens (tertiary/aromatic N) is 5. The quantitative estimate of drug-likeness (QED) is 0.415. The summed E-state index contributed by atoms with van der Waals surface area (Å²) in [5, 5.41) is 9.25. The standard InChI is InChI=1S/C21H15F2N5OS.ClH/c22-16-10-17(23)19-18(11-16)30-21(26-19)28(8-1-7-27-9-6-25-13-27)20(29)15-4-2-14(12-24)3-5-15;/h2-6,9-11,13H,1,7-8H2;1H. The highest BCUT2D eigenvalue weighted by Gasteiger charge is 2.22. The number of halogens is 3. The normalized spacial score (nSPS) is 10.5. The molecule has 0 aliphatic heterocycles. The van der Waals surface area contributed by atoms with E-state index >= 15 is 0 Å². The van der Waals surface area contributed by atoms with Crippen LogP contribution in [0.2, 0.25) is 0 Å². The van der Waals surface area contributed by atoms with Crippen molar-refractivity contribution in [3.63, 3.8) is 0 Å². The summed E-state index contributed by atoms with van der Waals surface area (Å²) in [6.45, 7) is 0.950. The molecule has 2 heterocycles. The molecule has 0 saturated carbocycles. The van der Waals surface area contributed by atoms with Gasteiger partial charge in [0.1, 0.15) is 11.3 Å². The lowest BCUT2D eigenvalue weighted by atomic mass is 10.1. The van der Waals surface area contributed by atoms with Crippen LogP contribution in [-0.2, 0) is 6.54 Å². The number of hydrogen-bond donors (Lipinski definition) is 0. The number of anilines is 1. The fraction of sp³-hybridized carbons (Fsp3) is 0.143. The van der Waals surface area contributed by atoms with Gasteiger partial charge in [-0.05, 0) is 36.8 Å². The van der Waals surface area contributed by atoms with Crippen LogP contribution in [0.1, 0.15) is 22.3 Å². The monoisotopic (exact) mass is 459 g/mol. The summed E-state index contributed by atoms with van der Waals surface area (Å²) in [5.74, 6) is -1.79. The molecule has 0 atom stereocenters.